The Morgan fingerprint density at radius 3 is 2.59 bits per heavy atom. The molecule has 5 nitrogen and oxygen atoms in total. The van der Waals surface area contributed by atoms with Gasteiger partial charge in [0.05, 0.1) is 6.61 Å². The Morgan fingerprint density at radius 2 is 1.91 bits per heavy atom. The highest BCUT2D eigenvalue weighted by Crippen LogP contribution is 2.27. The van der Waals surface area contributed by atoms with Crippen molar-refractivity contribution in [3.8, 4) is 11.4 Å². The van der Waals surface area contributed by atoms with Crippen LogP contribution in [-0.4, -0.2) is 26.4 Å². The van der Waals surface area contributed by atoms with E-state index in [-0.39, 0.29) is 0 Å². The van der Waals surface area contributed by atoms with Gasteiger partial charge < -0.3 is 4.74 Å². The molecule has 0 aliphatic rings. The first kappa shape index (κ1) is 14.6. The van der Waals surface area contributed by atoms with Crippen LogP contribution >= 0.6 is 11.8 Å². The normalized spacial score (nSPS) is 10.6. The molecule has 0 unspecified atom stereocenters. The van der Waals surface area contributed by atoms with Crippen LogP contribution in [0.4, 0.5) is 0 Å². The molecule has 2 aromatic heterocycles. The molecule has 1 aromatic carbocycles. The van der Waals surface area contributed by atoms with Crippen LogP contribution < -0.4 is 4.74 Å². The Kier molecular flexibility index (Phi) is 4.39. The largest absolute Gasteiger partial charge is 0.494 e. The summed E-state index contributed by atoms with van der Waals surface area (Å²) < 4.78 is 7.49. The maximum absolute atomic E-state index is 5.48. The lowest BCUT2D eigenvalue weighted by Gasteiger charge is -2.09. The molecule has 0 aliphatic carbocycles. The Bertz CT molecular complexity index is 741. The number of pyridine rings is 1. The number of ether oxygens (including phenoxy) is 1. The van der Waals surface area contributed by atoms with Crippen molar-refractivity contribution >= 4 is 11.8 Å². The number of aromatic nitrogens is 4. The number of benzene rings is 1. The summed E-state index contributed by atoms with van der Waals surface area (Å²) in [6, 6.07) is 13.7. The molecule has 2 heterocycles. The molecule has 0 N–H and O–H groups in total. The first-order valence-corrected chi connectivity index (χ1v) is 7.83. The molecule has 0 spiro atoms. The van der Waals surface area contributed by atoms with E-state index in [0.717, 1.165) is 27.4 Å². The van der Waals surface area contributed by atoms with E-state index in [9.17, 15) is 0 Å². The van der Waals surface area contributed by atoms with E-state index in [1.807, 2.05) is 60.9 Å². The standard InChI is InChI=1S/C16H16N4OS/c1-3-21-14-9-7-13(8-10-14)20-12(2)18-19-16(20)22-15-6-4-5-11-17-15/h4-11H,3H2,1-2H3. The maximum atomic E-state index is 5.48. The maximum Gasteiger partial charge on any atom is 0.202 e. The Balaban J connectivity index is 1.91. The fourth-order valence-corrected chi connectivity index (χ4v) is 2.92. The van der Waals surface area contributed by atoms with E-state index >= 15 is 0 Å². The average Bonchev–Trinajstić information content (AvgIpc) is 2.90. The molecule has 0 aliphatic heterocycles. The molecule has 6 heteroatoms. The summed E-state index contributed by atoms with van der Waals surface area (Å²) in [4.78, 5) is 4.32. The van der Waals surface area contributed by atoms with Gasteiger partial charge in [-0.3, -0.25) is 4.57 Å². The molecule has 0 amide bonds. The van der Waals surface area contributed by atoms with Crippen LogP contribution in [0.2, 0.25) is 0 Å². The summed E-state index contributed by atoms with van der Waals surface area (Å²) in [5, 5.41) is 10.1. The Labute approximate surface area is 133 Å². The van der Waals surface area contributed by atoms with Gasteiger partial charge in [-0.1, -0.05) is 6.07 Å². The number of aryl methyl sites for hydroxylation is 1. The van der Waals surface area contributed by atoms with Crippen LogP contribution in [0.1, 0.15) is 12.7 Å². The topological polar surface area (TPSA) is 52.8 Å². The van der Waals surface area contributed by atoms with E-state index < -0.39 is 0 Å². The minimum Gasteiger partial charge on any atom is -0.494 e. The lowest BCUT2D eigenvalue weighted by Crippen LogP contribution is -1.99. The van der Waals surface area contributed by atoms with E-state index in [4.69, 9.17) is 4.74 Å². The number of hydrogen-bond donors (Lipinski definition) is 0. The lowest BCUT2D eigenvalue weighted by atomic mass is 10.3. The van der Waals surface area contributed by atoms with Gasteiger partial charge in [0, 0.05) is 11.9 Å². The summed E-state index contributed by atoms with van der Waals surface area (Å²) >= 11 is 1.49. The molecule has 0 radical (unpaired) electrons. The zero-order valence-corrected chi connectivity index (χ0v) is 13.2. The van der Waals surface area contributed by atoms with Crippen molar-refractivity contribution in [2.45, 2.75) is 24.0 Å². The summed E-state index contributed by atoms with van der Waals surface area (Å²) in [7, 11) is 0. The van der Waals surface area contributed by atoms with E-state index in [2.05, 4.69) is 15.2 Å². The minimum atomic E-state index is 0.659. The SMILES string of the molecule is CCOc1ccc(-n2c(C)nnc2Sc2ccccn2)cc1. The van der Waals surface area contributed by atoms with Crippen molar-refractivity contribution in [1.82, 2.24) is 19.7 Å². The van der Waals surface area contributed by atoms with Crippen molar-refractivity contribution in [3.05, 3.63) is 54.5 Å². The molecule has 112 valence electrons. The van der Waals surface area contributed by atoms with Crippen LogP contribution in [0.3, 0.4) is 0 Å². The molecule has 22 heavy (non-hydrogen) atoms. The highest BCUT2D eigenvalue weighted by Gasteiger charge is 2.12. The zero-order valence-electron chi connectivity index (χ0n) is 12.4. The number of nitrogens with zero attached hydrogens (tertiary/aromatic N) is 4. The Morgan fingerprint density at radius 1 is 1.09 bits per heavy atom. The van der Waals surface area contributed by atoms with Crippen molar-refractivity contribution < 1.29 is 4.74 Å². The summed E-state index contributed by atoms with van der Waals surface area (Å²) in [6.45, 7) is 4.57. The second-order valence-corrected chi connectivity index (χ2v) is 5.55. The third kappa shape index (κ3) is 3.12. The van der Waals surface area contributed by atoms with Crippen LogP contribution in [0.5, 0.6) is 5.75 Å². The van der Waals surface area contributed by atoms with Gasteiger partial charge in [0.1, 0.15) is 16.6 Å². The van der Waals surface area contributed by atoms with Crippen LogP contribution in [-0.2, 0) is 0 Å². The second-order valence-electron chi connectivity index (χ2n) is 4.56. The first-order valence-electron chi connectivity index (χ1n) is 7.02. The number of rotatable bonds is 5. The highest BCUT2D eigenvalue weighted by molar-refractivity contribution is 7.99. The second kappa shape index (κ2) is 6.62. The molecular formula is C16H16N4OS. The molecule has 0 fully saturated rings. The molecular weight excluding hydrogens is 296 g/mol. The monoisotopic (exact) mass is 312 g/mol. The van der Waals surface area contributed by atoms with Crippen molar-refractivity contribution in [1.29, 1.82) is 0 Å². The van der Waals surface area contributed by atoms with Crippen molar-refractivity contribution in [2.75, 3.05) is 6.61 Å². The predicted octanol–water partition coefficient (Wildman–Crippen LogP) is 3.52. The van der Waals surface area contributed by atoms with Gasteiger partial charge in [0.2, 0.25) is 5.16 Å². The lowest BCUT2D eigenvalue weighted by molar-refractivity contribution is 0.340. The number of hydrogen-bond acceptors (Lipinski definition) is 5. The van der Waals surface area contributed by atoms with Gasteiger partial charge >= 0.3 is 0 Å². The Hall–Kier alpha value is -2.34. The van der Waals surface area contributed by atoms with Crippen molar-refractivity contribution in [2.24, 2.45) is 0 Å². The van der Waals surface area contributed by atoms with E-state index in [1.54, 1.807) is 6.20 Å². The third-order valence-corrected chi connectivity index (χ3v) is 3.93. The van der Waals surface area contributed by atoms with Crippen LogP contribution in [0.15, 0.2) is 58.8 Å². The summed E-state index contributed by atoms with van der Waals surface area (Å²) in [5.74, 6) is 1.69. The van der Waals surface area contributed by atoms with Crippen LogP contribution in [0.25, 0.3) is 5.69 Å². The third-order valence-electron chi connectivity index (χ3n) is 3.03. The van der Waals surface area contributed by atoms with Crippen molar-refractivity contribution in [3.63, 3.8) is 0 Å². The molecule has 0 saturated carbocycles. The fourth-order valence-electron chi connectivity index (χ4n) is 2.07. The first-order chi connectivity index (χ1) is 10.8. The smallest absolute Gasteiger partial charge is 0.202 e. The predicted molar refractivity (Wildman–Crippen MR) is 85.6 cm³/mol. The molecule has 0 bridgehead atoms. The van der Waals surface area contributed by atoms with Gasteiger partial charge in [0.25, 0.3) is 0 Å². The summed E-state index contributed by atoms with van der Waals surface area (Å²) in [6.07, 6.45) is 1.77. The van der Waals surface area contributed by atoms with Gasteiger partial charge in [-0.05, 0) is 62.0 Å². The average molecular weight is 312 g/mol. The van der Waals surface area contributed by atoms with Gasteiger partial charge in [-0.25, -0.2) is 4.98 Å². The van der Waals surface area contributed by atoms with Crippen LogP contribution in [0, 0.1) is 6.92 Å². The zero-order chi connectivity index (χ0) is 15.4. The molecule has 3 rings (SSSR count). The minimum absolute atomic E-state index is 0.659. The van der Waals surface area contributed by atoms with E-state index in [0.29, 0.717) is 6.61 Å². The quantitative estimate of drug-likeness (QED) is 0.721. The fraction of sp³-hybridized carbons (Fsp3) is 0.188. The molecule has 0 saturated heterocycles. The highest BCUT2D eigenvalue weighted by atomic mass is 32.2. The van der Waals surface area contributed by atoms with Gasteiger partial charge in [-0.2, -0.15) is 0 Å². The molecule has 3 aromatic rings. The van der Waals surface area contributed by atoms with Gasteiger partial charge in [-0.15, -0.1) is 10.2 Å². The molecule has 0 atom stereocenters. The summed E-state index contributed by atoms with van der Waals surface area (Å²) in [5.41, 5.74) is 1.00. The van der Waals surface area contributed by atoms with E-state index in [1.165, 1.54) is 11.8 Å². The van der Waals surface area contributed by atoms with Gasteiger partial charge in [0.15, 0.2) is 0 Å².